The average molecular weight is 444 g/mol. The number of rotatable bonds is 5. The number of carbonyl (C=O) groups is 2. The van der Waals surface area contributed by atoms with Crippen LogP contribution in [0.2, 0.25) is 0 Å². The number of methoxy groups -OCH3 is 2. The molecule has 2 aromatic carbocycles. The second-order valence-electron chi connectivity index (χ2n) is 7.31. The van der Waals surface area contributed by atoms with Crippen LogP contribution in [0.1, 0.15) is 33.0 Å². The number of halogens is 2. The molecule has 2 amide bonds. The minimum Gasteiger partial charge on any atom is -0.493 e. The van der Waals surface area contributed by atoms with Crippen molar-refractivity contribution in [2.75, 3.05) is 40.4 Å². The van der Waals surface area contributed by atoms with Crippen molar-refractivity contribution in [3.05, 3.63) is 53.3 Å². The van der Waals surface area contributed by atoms with E-state index < -0.39 is 12.2 Å². The van der Waals surface area contributed by atoms with E-state index in [1.807, 2.05) is 0 Å². The highest BCUT2D eigenvalue weighted by Gasteiger charge is 2.26. The number of H-pyrrole nitrogens is 1. The van der Waals surface area contributed by atoms with E-state index in [0.29, 0.717) is 59.8 Å². The van der Waals surface area contributed by atoms with Gasteiger partial charge in [0.2, 0.25) is 0 Å². The summed E-state index contributed by atoms with van der Waals surface area (Å²) in [4.78, 5) is 35.4. The summed E-state index contributed by atoms with van der Waals surface area (Å²) in [5, 5.41) is 0. The Bertz CT molecular complexity index is 1160. The number of ether oxygens (including phenoxy) is 2. The van der Waals surface area contributed by atoms with E-state index in [1.165, 1.54) is 20.3 Å². The lowest BCUT2D eigenvalue weighted by Crippen LogP contribution is -2.50. The Morgan fingerprint density at radius 1 is 0.906 bits per heavy atom. The molecule has 0 unspecified atom stereocenters. The summed E-state index contributed by atoms with van der Waals surface area (Å²) < 4.78 is 36.2. The van der Waals surface area contributed by atoms with Crippen molar-refractivity contribution in [1.29, 1.82) is 0 Å². The zero-order valence-electron chi connectivity index (χ0n) is 17.6. The number of hydrogen-bond donors (Lipinski definition) is 1. The lowest BCUT2D eigenvalue weighted by molar-refractivity contribution is 0.0535. The molecule has 1 saturated heterocycles. The molecule has 1 aromatic heterocycles. The molecule has 8 nitrogen and oxygen atoms in total. The van der Waals surface area contributed by atoms with E-state index in [1.54, 1.807) is 40.1 Å². The largest absolute Gasteiger partial charge is 0.493 e. The number of carbonyl (C=O) groups excluding carboxylic acids is 2. The minimum atomic E-state index is -2.71. The summed E-state index contributed by atoms with van der Waals surface area (Å²) >= 11 is 0. The van der Waals surface area contributed by atoms with Gasteiger partial charge in [-0.05, 0) is 36.4 Å². The number of nitrogens with zero attached hydrogens (tertiary/aromatic N) is 3. The van der Waals surface area contributed by atoms with Gasteiger partial charge >= 0.3 is 0 Å². The summed E-state index contributed by atoms with van der Waals surface area (Å²) in [6, 6.07) is 9.62. The number of fused-ring (bicyclic) bond motifs is 1. The third-order valence-corrected chi connectivity index (χ3v) is 5.44. The molecule has 1 fully saturated rings. The standard InChI is InChI=1S/C22H22F2N4O4/c1-31-17-6-4-14(12-18(17)32-2)22(30)28-9-7-27(8-10-28)21(29)13-3-5-15-16(11-13)26-20(25-15)19(23)24/h3-6,11-12,19H,7-10H2,1-2H3,(H,25,26). The first-order valence-corrected chi connectivity index (χ1v) is 9.99. The Labute approximate surface area is 182 Å². The quantitative estimate of drug-likeness (QED) is 0.654. The molecule has 0 aliphatic carbocycles. The van der Waals surface area contributed by atoms with E-state index in [4.69, 9.17) is 9.47 Å². The molecule has 1 N–H and O–H groups in total. The van der Waals surface area contributed by atoms with E-state index in [-0.39, 0.29) is 11.8 Å². The molecule has 1 aliphatic heterocycles. The van der Waals surface area contributed by atoms with Crippen molar-refractivity contribution < 1.29 is 27.8 Å². The number of aromatic amines is 1. The molecule has 32 heavy (non-hydrogen) atoms. The van der Waals surface area contributed by atoms with Crippen molar-refractivity contribution >= 4 is 22.8 Å². The highest BCUT2D eigenvalue weighted by atomic mass is 19.3. The van der Waals surface area contributed by atoms with Gasteiger partial charge in [-0.3, -0.25) is 9.59 Å². The molecular formula is C22H22F2N4O4. The van der Waals surface area contributed by atoms with Gasteiger partial charge in [0.15, 0.2) is 17.3 Å². The molecule has 3 aromatic rings. The molecule has 0 bridgehead atoms. The molecule has 4 rings (SSSR count). The van der Waals surface area contributed by atoms with Crippen molar-refractivity contribution in [2.45, 2.75) is 6.43 Å². The van der Waals surface area contributed by atoms with Gasteiger partial charge in [-0.15, -0.1) is 0 Å². The normalized spacial score (nSPS) is 14.2. The van der Waals surface area contributed by atoms with Crippen LogP contribution in [0.5, 0.6) is 11.5 Å². The second kappa shape index (κ2) is 8.81. The Balaban J connectivity index is 1.42. The monoisotopic (exact) mass is 444 g/mol. The van der Waals surface area contributed by atoms with Crippen molar-refractivity contribution in [1.82, 2.24) is 19.8 Å². The zero-order chi connectivity index (χ0) is 22.8. The van der Waals surface area contributed by atoms with Crippen LogP contribution in [0.4, 0.5) is 8.78 Å². The summed E-state index contributed by atoms with van der Waals surface area (Å²) in [5.74, 6) is 0.201. The van der Waals surface area contributed by atoms with Gasteiger partial charge in [0.1, 0.15) is 0 Å². The zero-order valence-corrected chi connectivity index (χ0v) is 17.6. The molecular weight excluding hydrogens is 422 g/mol. The Morgan fingerprint density at radius 3 is 2.03 bits per heavy atom. The van der Waals surface area contributed by atoms with Gasteiger partial charge in [0.25, 0.3) is 18.2 Å². The highest BCUT2D eigenvalue weighted by Crippen LogP contribution is 2.28. The lowest BCUT2D eigenvalue weighted by atomic mass is 10.1. The van der Waals surface area contributed by atoms with Crippen LogP contribution in [-0.2, 0) is 0 Å². The van der Waals surface area contributed by atoms with E-state index in [0.717, 1.165) is 0 Å². The minimum absolute atomic E-state index is 0.156. The van der Waals surface area contributed by atoms with Gasteiger partial charge in [-0.2, -0.15) is 0 Å². The number of hydrogen-bond acceptors (Lipinski definition) is 5. The molecule has 168 valence electrons. The Hall–Kier alpha value is -3.69. The summed E-state index contributed by atoms with van der Waals surface area (Å²) in [6.07, 6.45) is -2.71. The first-order valence-electron chi connectivity index (χ1n) is 9.99. The molecule has 1 aliphatic rings. The number of benzene rings is 2. The van der Waals surface area contributed by atoms with E-state index >= 15 is 0 Å². The molecule has 0 saturated carbocycles. The molecule has 0 spiro atoms. The number of aromatic nitrogens is 2. The number of piperazine rings is 1. The predicted octanol–water partition coefficient (Wildman–Crippen LogP) is 3.12. The Kier molecular flexibility index (Phi) is 5.93. The maximum atomic E-state index is 12.9. The number of amides is 2. The van der Waals surface area contributed by atoms with Crippen molar-refractivity contribution in [3.8, 4) is 11.5 Å². The maximum Gasteiger partial charge on any atom is 0.295 e. The van der Waals surface area contributed by atoms with E-state index in [9.17, 15) is 18.4 Å². The van der Waals surface area contributed by atoms with Crippen LogP contribution in [-0.4, -0.2) is 72.0 Å². The molecule has 2 heterocycles. The smallest absolute Gasteiger partial charge is 0.295 e. The van der Waals surface area contributed by atoms with Crippen LogP contribution in [0.15, 0.2) is 36.4 Å². The highest BCUT2D eigenvalue weighted by molar-refractivity contribution is 5.98. The summed E-state index contributed by atoms with van der Waals surface area (Å²) in [7, 11) is 3.03. The van der Waals surface area contributed by atoms with Gasteiger partial charge in [-0.1, -0.05) is 0 Å². The maximum absolute atomic E-state index is 12.9. The SMILES string of the molecule is COc1ccc(C(=O)N2CCN(C(=O)c3ccc4nc(C(F)F)[nH]c4c3)CC2)cc1OC. The first-order chi connectivity index (χ1) is 15.4. The Morgan fingerprint density at radius 2 is 1.47 bits per heavy atom. The molecule has 0 atom stereocenters. The predicted molar refractivity (Wildman–Crippen MR) is 112 cm³/mol. The summed E-state index contributed by atoms with van der Waals surface area (Å²) in [6.45, 7) is 1.48. The average Bonchev–Trinajstić information content (AvgIpc) is 3.26. The van der Waals surface area contributed by atoms with Gasteiger partial charge in [0.05, 0.1) is 25.3 Å². The fraction of sp³-hybridized carbons (Fsp3) is 0.318. The van der Waals surface area contributed by atoms with E-state index in [2.05, 4.69) is 9.97 Å². The van der Waals surface area contributed by atoms with Gasteiger partial charge in [0, 0.05) is 37.3 Å². The van der Waals surface area contributed by atoms with Gasteiger partial charge in [-0.25, -0.2) is 13.8 Å². The number of nitrogens with one attached hydrogen (secondary N) is 1. The van der Waals surface area contributed by atoms with Crippen LogP contribution >= 0.6 is 0 Å². The fourth-order valence-corrected chi connectivity index (χ4v) is 3.71. The molecule has 10 heteroatoms. The molecule has 0 radical (unpaired) electrons. The summed E-state index contributed by atoms with van der Waals surface area (Å²) in [5.41, 5.74) is 1.61. The van der Waals surface area contributed by atoms with Gasteiger partial charge < -0.3 is 24.3 Å². The van der Waals surface area contributed by atoms with Crippen LogP contribution in [0.25, 0.3) is 11.0 Å². The number of alkyl halides is 2. The first kappa shape index (κ1) is 21.5. The van der Waals surface area contributed by atoms with Crippen LogP contribution < -0.4 is 9.47 Å². The van der Waals surface area contributed by atoms with Crippen LogP contribution in [0.3, 0.4) is 0 Å². The van der Waals surface area contributed by atoms with Crippen molar-refractivity contribution in [3.63, 3.8) is 0 Å². The fourth-order valence-electron chi connectivity index (χ4n) is 3.71. The third-order valence-electron chi connectivity index (χ3n) is 5.44. The topological polar surface area (TPSA) is 87.8 Å². The van der Waals surface area contributed by atoms with Crippen molar-refractivity contribution in [2.24, 2.45) is 0 Å². The number of imidazole rings is 1. The second-order valence-corrected chi connectivity index (χ2v) is 7.31. The third kappa shape index (κ3) is 4.08. The lowest BCUT2D eigenvalue weighted by Gasteiger charge is -2.35. The van der Waals surface area contributed by atoms with Crippen LogP contribution in [0, 0.1) is 0 Å².